The molecule has 0 atom stereocenters. The SMILES string of the molecule is FC(F)c1cccc(CNCCCN2CCOCC2)c1. The molecule has 5 heteroatoms. The van der Waals surface area contributed by atoms with Gasteiger partial charge in [0, 0.05) is 25.2 Å². The summed E-state index contributed by atoms with van der Waals surface area (Å²) >= 11 is 0. The van der Waals surface area contributed by atoms with Crippen molar-refractivity contribution in [2.45, 2.75) is 19.4 Å². The lowest BCUT2D eigenvalue weighted by Crippen LogP contribution is -2.37. The van der Waals surface area contributed by atoms with Crippen molar-refractivity contribution in [1.29, 1.82) is 0 Å². The first-order valence-electron chi connectivity index (χ1n) is 7.13. The van der Waals surface area contributed by atoms with Crippen LogP contribution in [-0.2, 0) is 11.3 Å². The summed E-state index contributed by atoms with van der Waals surface area (Å²) in [6, 6.07) is 6.60. The first kappa shape index (κ1) is 15.4. The number of benzene rings is 1. The molecule has 0 aliphatic carbocycles. The summed E-state index contributed by atoms with van der Waals surface area (Å²) < 4.78 is 30.4. The van der Waals surface area contributed by atoms with Crippen molar-refractivity contribution < 1.29 is 13.5 Å². The van der Waals surface area contributed by atoms with Crippen LogP contribution in [0.1, 0.15) is 24.0 Å². The Morgan fingerprint density at radius 2 is 2.05 bits per heavy atom. The Balaban J connectivity index is 1.61. The molecule has 1 saturated heterocycles. The Morgan fingerprint density at radius 3 is 2.80 bits per heavy atom. The summed E-state index contributed by atoms with van der Waals surface area (Å²) in [5, 5.41) is 3.30. The van der Waals surface area contributed by atoms with Crippen molar-refractivity contribution >= 4 is 0 Å². The summed E-state index contributed by atoms with van der Waals surface area (Å²) in [6.07, 6.45) is -1.33. The number of hydrogen-bond acceptors (Lipinski definition) is 3. The Morgan fingerprint density at radius 1 is 1.25 bits per heavy atom. The van der Waals surface area contributed by atoms with Gasteiger partial charge < -0.3 is 10.1 Å². The number of ether oxygens (including phenoxy) is 1. The van der Waals surface area contributed by atoms with E-state index in [9.17, 15) is 8.78 Å². The average molecular weight is 284 g/mol. The molecule has 0 amide bonds. The Kier molecular flexibility index (Phi) is 6.36. The van der Waals surface area contributed by atoms with Crippen LogP contribution in [0, 0.1) is 0 Å². The highest BCUT2D eigenvalue weighted by Gasteiger charge is 2.09. The number of halogens is 2. The van der Waals surface area contributed by atoms with Gasteiger partial charge in [-0.1, -0.05) is 18.2 Å². The van der Waals surface area contributed by atoms with Crippen LogP contribution in [0.5, 0.6) is 0 Å². The summed E-state index contributed by atoms with van der Waals surface area (Å²) in [5.41, 5.74) is 1.01. The van der Waals surface area contributed by atoms with Crippen LogP contribution in [0.25, 0.3) is 0 Å². The van der Waals surface area contributed by atoms with Crippen LogP contribution in [0.2, 0.25) is 0 Å². The van der Waals surface area contributed by atoms with Crippen molar-refractivity contribution in [3.63, 3.8) is 0 Å². The molecule has 112 valence electrons. The van der Waals surface area contributed by atoms with E-state index in [0.717, 1.165) is 51.4 Å². The maximum absolute atomic E-state index is 12.6. The van der Waals surface area contributed by atoms with Gasteiger partial charge in [0.15, 0.2) is 0 Å². The maximum atomic E-state index is 12.6. The topological polar surface area (TPSA) is 24.5 Å². The molecule has 3 nitrogen and oxygen atoms in total. The number of hydrogen-bond donors (Lipinski definition) is 1. The van der Waals surface area contributed by atoms with Crippen LogP contribution in [0.4, 0.5) is 8.78 Å². The zero-order valence-electron chi connectivity index (χ0n) is 11.7. The summed E-state index contributed by atoms with van der Waals surface area (Å²) in [6.45, 7) is 6.28. The van der Waals surface area contributed by atoms with Gasteiger partial charge in [-0.3, -0.25) is 4.90 Å². The van der Waals surface area contributed by atoms with E-state index in [-0.39, 0.29) is 5.56 Å². The fraction of sp³-hybridized carbons (Fsp3) is 0.600. The molecule has 0 radical (unpaired) electrons. The average Bonchev–Trinajstić information content (AvgIpc) is 2.48. The molecule has 1 aliphatic heterocycles. The zero-order chi connectivity index (χ0) is 14.2. The highest BCUT2D eigenvalue weighted by Crippen LogP contribution is 2.19. The van der Waals surface area contributed by atoms with E-state index in [1.807, 2.05) is 6.07 Å². The van der Waals surface area contributed by atoms with Crippen molar-refractivity contribution in [3.8, 4) is 0 Å². The number of morpholine rings is 1. The molecule has 0 bridgehead atoms. The largest absolute Gasteiger partial charge is 0.379 e. The molecule has 0 unspecified atom stereocenters. The zero-order valence-corrected chi connectivity index (χ0v) is 11.7. The smallest absolute Gasteiger partial charge is 0.263 e. The van der Waals surface area contributed by atoms with Crippen molar-refractivity contribution in [2.75, 3.05) is 39.4 Å². The van der Waals surface area contributed by atoms with Crippen LogP contribution >= 0.6 is 0 Å². The van der Waals surface area contributed by atoms with Gasteiger partial charge in [-0.05, 0) is 31.1 Å². The second-order valence-corrected chi connectivity index (χ2v) is 5.03. The minimum absolute atomic E-state index is 0.0950. The molecule has 1 aromatic carbocycles. The van der Waals surface area contributed by atoms with Crippen molar-refractivity contribution in [2.24, 2.45) is 0 Å². The van der Waals surface area contributed by atoms with Gasteiger partial charge in [-0.15, -0.1) is 0 Å². The summed E-state index contributed by atoms with van der Waals surface area (Å²) in [4.78, 5) is 2.39. The summed E-state index contributed by atoms with van der Waals surface area (Å²) in [5.74, 6) is 0. The third-order valence-electron chi connectivity index (χ3n) is 3.46. The van der Waals surface area contributed by atoms with Crippen LogP contribution < -0.4 is 5.32 Å². The summed E-state index contributed by atoms with van der Waals surface area (Å²) in [7, 11) is 0. The van der Waals surface area contributed by atoms with Gasteiger partial charge in [0.1, 0.15) is 0 Å². The maximum Gasteiger partial charge on any atom is 0.263 e. The number of alkyl halides is 2. The number of nitrogens with zero attached hydrogens (tertiary/aromatic N) is 1. The molecular weight excluding hydrogens is 262 g/mol. The molecule has 1 fully saturated rings. The Bertz CT molecular complexity index is 395. The molecule has 0 saturated carbocycles. The first-order chi connectivity index (χ1) is 9.75. The minimum atomic E-state index is -2.39. The molecule has 1 heterocycles. The molecule has 1 aliphatic rings. The fourth-order valence-corrected chi connectivity index (χ4v) is 2.32. The molecule has 1 N–H and O–H groups in total. The normalized spacial score (nSPS) is 16.8. The second kappa shape index (κ2) is 8.29. The molecular formula is C15H22F2N2O. The third-order valence-corrected chi connectivity index (χ3v) is 3.46. The van der Waals surface area contributed by atoms with E-state index >= 15 is 0 Å². The van der Waals surface area contributed by atoms with E-state index in [4.69, 9.17) is 4.74 Å². The lowest BCUT2D eigenvalue weighted by atomic mass is 10.1. The number of rotatable bonds is 7. The van der Waals surface area contributed by atoms with Gasteiger partial charge in [0.25, 0.3) is 6.43 Å². The van der Waals surface area contributed by atoms with E-state index in [2.05, 4.69) is 10.2 Å². The van der Waals surface area contributed by atoms with Gasteiger partial charge in [0.2, 0.25) is 0 Å². The van der Waals surface area contributed by atoms with Gasteiger partial charge >= 0.3 is 0 Å². The van der Waals surface area contributed by atoms with E-state index in [1.165, 1.54) is 6.07 Å². The van der Waals surface area contributed by atoms with Crippen LogP contribution in [0.15, 0.2) is 24.3 Å². The predicted molar refractivity (Wildman–Crippen MR) is 75.0 cm³/mol. The monoisotopic (exact) mass is 284 g/mol. The second-order valence-electron chi connectivity index (χ2n) is 5.03. The Hall–Kier alpha value is -1.04. The minimum Gasteiger partial charge on any atom is -0.379 e. The lowest BCUT2D eigenvalue weighted by Gasteiger charge is -2.26. The first-order valence-corrected chi connectivity index (χ1v) is 7.13. The van der Waals surface area contributed by atoms with Gasteiger partial charge in [-0.2, -0.15) is 0 Å². The highest BCUT2D eigenvalue weighted by molar-refractivity contribution is 5.24. The lowest BCUT2D eigenvalue weighted by molar-refractivity contribution is 0.0374. The number of nitrogens with one attached hydrogen (secondary N) is 1. The van der Waals surface area contributed by atoms with Crippen LogP contribution in [0.3, 0.4) is 0 Å². The van der Waals surface area contributed by atoms with E-state index in [0.29, 0.717) is 6.54 Å². The Labute approximate surface area is 118 Å². The van der Waals surface area contributed by atoms with Crippen LogP contribution in [-0.4, -0.2) is 44.3 Å². The molecule has 1 aromatic rings. The third kappa shape index (κ3) is 5.15. The molecule has 0 aromatic heterocycles. The van der Waals surface area contributed by atoms with Gasteiger partial charge in [-0.25, -0.2) is 8.78 Å². The quantitative estimate of drug-likeness (QED) is 0.778. The van der Waals surface area contributed by atoms with E-state index < -0.39 is 6.43 Å². The van der Waals surface area contributed by atoms with Crippen molar-refractivity contribution in [1.82, 2.24) is 10.2 Å². The van der Waals surface area contributed by atoms with Crippen molar-refractivity contribution in [3.05, 3.63) is 35.4 Å². The molecule has 20 heavy (non-hydrogen) atoms. The molecule has 2 rings (SSSR count). The fourth-order valence-electron chi connectivity index (χ4n) is 2.32. The van der Waals surface area contributed by atoms with Gasteiger partial charge in [0.05, 0.1) is 13.2 Å². The highest BCUT2D eigenvalue weighted by atomic mass is 19.3. The standard InChI is InChI=1S/C15H22F2N2O/c16-15(17)14-4-1-3-13(11-14)12-18-5-2-6-19-7-9-20-10-8-19/h1,3-4,11,15,18H,2,5-10,12H2. The molecule has 0 spiro atoms. The predicted octanol–water partition coefficient (Wildman–Crippen LogP) is 2.44. The van der Waals surface area contributed by atoms with E-state index in [1.54, 1.807) is 12.1 Å².